The first kappa shape index (κ1) is 12.4. The van der Waals surface area contributed by atoms with E-state index in [4.69, 9.17) is 0 Å². The minimum atomic E-state index is 0.844. The summed E-state index contributed by atoms with van der Waals surface area (Å²) in [5, 5.41) is 5.37. The van der Waals surface area contributed by atoms with Crippen molar-refractivity contribution >= 4 is 23.1 Å². The molecule has 1 aromatic rings. The van der Waals surface area contributed by atoms with Gasteiger partial charge in [0, 0.05) is 22.7 Å². The quantitative estimate of drug-likeness (QED) is 0.792. The lowest BCUT2D eigenvalue weighted by atomic mass is 10.2. The largest absolute Gasteiger partial charge is 0.320 e. The van der Waals surface area contributed by atoms with Crippen LogP contribution in [0, 0.1) is 0 Å². The summed E-state index contributed by atoms with van der Waals surface area (Å²) in [7, 11) is 2.01. The molecular formula is C12H20N2S2. The summed E-state index contributed by atoms with van der Waals surface area (Å²) >= 11 is 4.04. The minimum absolute atomic E-state index is 0.844. The van der Waals surface area contributed by atoms with Gasteiger partial charge in [0.25, 0.3) is 0 Å². The molecule has 2 rings (SSSR count). The maximum Gasteiger partial charge on any atom is 0.0938 e. The SMILES string of the molecule is CNCCCc1cnc(CC2CCCS2)s1. The van der Waals surface area contributed by atoms with Crippen molar-refractivity contribution in [2.75, 3.05) is 19.3 Å². The van der Waals surface area contributed by atoms with Gasteiger partial charge in [-0.1, -0.05) is 0 Å². The molecule has 90 valence electrons. The molecule has 4 heteroatoms. The third-order valence-corrected chi connectivity index (χ3v) is 5.36. The Morgan fingerprint density at radius 3 is 3.25 bits per heavy atom. The number of thioether (sulfide) groups is 1. The maximum absolute atomic E-state index is 4.54. The smallest absolute Gasteiger partial charge is 0.0938 e. The second-order valence-electron chi connectivity index (χ2n) is 4.27. The molecular weight excluding hydrogens is 236 g/mol. The average Bonchev–Trinajstić information content (AvgIpc) is 2.91. The molecule has 1 N–H and O–H groups in total. The third kappa shape index (κ3) is 3.75. The van der Waals surface area contributed by atoms with Crippen molar-refractivity contribution in [3.63, 3.8) is 0 Å². The van der Waals surface area contributed by atoms with Crippen LogP contribution in [0.25, 0.3) is 0 Å². The van der Waals surface area contributed by atoms with Gasteiger partial charge in [0.1, 0.15) is 0 Å². The molecule has 16 heavy (non-hydrogen) atoms. The molecule has 1 saturated heterocycles. The fourth-order valence-corrected chi connectivity index (χ4v) is 4.42. The Morgan fingerprint density at radius 2 is 2.50 bits per heavy atom. The lowest BCUT2D eigenvalue weighted by Crippen LogP contribution is -2.07. The molecule has 1 atom stereocenters. The predicted molar refractivity (Wildman–Crippen MR) is 73.5 cm³/mol. The molecule has 0 spiro atoms. The van der Waals surface area contributed by atoms with Crippen molar-refractivity contribution in [2.24, 2.45) is 0 Å². The van der Waals surface area contributed by atoms with E-state index in [1.807, 2.05) is 18.4 Å². The van der Waals surface area contributed by atoms with Gasteiger partial charge in [0.05, 0.1) is 5.01 Å². The minimum Gasteiger partial charge on any atom is -0.320 e. The average molecular weight is 256 g/mol. The number of rotatable bonds is 6. The van der Waals surface area contributed by atoms with E-state index >= 15 is 0 Å². The van der Waals surface area contributed by atoms with E-state index in [0.717, 1.165) is 11.8 Å². The van der Waals surface area contributed by atoms with Gasteiger partial charge in [0.2, 0.25) is 0 Å². The zero-order valence-corrected chi connectivity index (χ0v) is 11.5. The summed E-state index contributed by atoms with van der Waals surface area (Å²) in [6.45, 7) is 1.10. The van der Waals surface area contributed by atoms with E-state index in [-0.39, 0.29) is 0 Å². The van der Waals surface area contributed by atoms with E-state index in [9.17, 15) is 0 Å². The van der Waals surface area contributed by atoms with Crippen LogP contribution in [-0.2, 0) is 12.8 Å². The van der Waals surface area contributed by atoms with Gasteiger partial charge in [-0.25, -0.2) is 4.98 Å². The van der Waals surface area contributed by atoms with Gasteiger partial charge in [-0.3, -0.25) is 0 Å². The van der Waals surface area contributed by atoms with Crippen LogP contribution in [0.2, 0.25) is 0 Å². The Bertz CT molecular complexity index is 306. The molecule has 1 aromatic heterocycles. The number of aryl methyl sites for hydroxylation is 1. The van der Waals surface area contributed by atoms with Crippen LogP contribution in [0.15, 0.2) is 6.20 Å². The van der Waals surface area contributed by atoms with Crippen LogP contribution in [0.3, 0.4) is 0 Å². The van der Waals surface area contributed by atoms with Gasteiger partial charge < -0.3 is 5.32 Å². The highest BCUT2D eigenvalue weighted by Gasteiger charge is 2.17. The molecule has 1 fully saturated rings. The van der Waals surface area contributed by atoms with E-state index in [2.05, 4.69) is 28.3 Å². The topological polar surface area (TPSA) is 24.9 Å². The molecule has 0 amide bonds. The Labute approximate surface area is 106 Å². The van der Waals surface area contributed by atoms with E-state index in [1.54, 1.807) is 0 Å². The zero-order valence-electron chi connectivity index (χ0n) is 9.87. The number of hydrogen-bond donors (Lipinski definition) is 1. The van der Waals surface area contributed by atoms with Crippen molar-refractivity contribution < 1.29 is 0 Å². The highest BCUT2D eigenvalue weighted by atomic mass is 32.2. The summed E-state index contributed by atoms with van der Waals surface area (Å²) in [5.74, 6) is 1.35. The van der Waals surface area contributed by atoms with Gasteiger partial charge in [0.15, 0.2) is 0 Å². The molecule has 0 aliphatic carbocycles. The molecule has 0 saturated carbocycles. The van der Waals surface area contributed by atoms with Crippen molar-refractivity contribution in [3.8, 4) is 0 Å². The molecule has 2 nitrogen and oxygen atoms in total. The summed E-state index contributed by atoms with van der Waals surface area (Å²) in [4.78, 5) is 6.00. The van der Waals surface area contributed by atoms with Crippen LogP contribution in [-0.4, -0.2) is 29.6 Å². The first-order chi connectivity index (χ1) is 7.88. The van der Waals surface area contributed by atoms with Crippen molar-refractivity contribution in [2.45, 2.75) is 37.4 Å². The molecule has 2 heterocycles. The Morgan fingerprint density at radius 1 is 1.56 bits per heavy atom. The van der Waals surface area contributed by atoms with E-state index < -0.39 is 0 Å². The van der Waals surface area contributed by atoms with Crippen LogP contribution in [0.1, 0.15) is 29.1 Å². The number of thiazole rings is 1. The Kier molecular flexibility index (Phi) is 5.13. The highest BCUT2D eigenvalue weighted by Crippen LogP contribution is 2.30. The van der Waals surface area contributed by atoms with Crippen molar-refractivity contribution in [1.82, 2.24) is 10.3 Å². The summed E-state index contributed by atoms with van der Waals surface area (Å²) in [6.07, 6.45) is 8.46. The monoisotopic (exact) mass is 256 g/mol. The van der Waals surface area contributed by atoms with Crippen molar-refractivity contribution in [3.05, 3.63) is 16.1 Å². The van der Waals surface area contributed by atoms with Crippen LogP contribution >= 0.6 is 23.1 Å². The van der Waals surface area contributed by atoms with Gasteiger partial charge in [-0.05, 0) is 45.0 Å². The summed E-state index contributed by atoms with van der Waals surface area (Å²) in [5.41, 5.74) is 0. The Hall–Kier alpha value is -0.0600. The second-order valence-corrected chi connectivity index (χ2v) is 6.87. The zero-order chi connectivity index (χ0) is 11.2. The number of nitrogens with one attached hydrogen (secondary N) is 1. The fraction of sp³-hybridized carbons (Fsp3) is 0.750. The molecule has 1 aliphatic heterocycles. The van der Waals surface area contributed by atoms with E-state index in [0.29, 0.717) is 0 Å². The second kappa shape index (κ2) is 6.62. The first-order valence-electron chi connectivity index (χ1n) is 6.08. The lowest BCUT2D eigenvalue weighted by molar-refractivity contribution is 0.729. The normalized spacial score (nSPS) is 20.4. The molecule has 0 aromatic carbocycles. The summed E-state index contributed by atoms with van der Waals surface area (Å²) in [6, 6.07) is 0. The van der Waals surface area contributed by atoms with Crippen LogP contribution < -0.4 is 5.32 Å². The third-order valence-electron chi connectivity index (χ3n) is 2.88. The molecule has 1 unspecified atom stereocenters. The number of hydrogen-bond acceptors (Lipinski definition) is 4. The lowest BCUT2D eigenvalue weighted by Gasteiger charge is -2.03. The Balaban J connectivity index is 1.77. The van der Waals surface area contributed by atoms with Gasteiger partial charge >= 0.3 is 0 Å². The van der Waals surface area contributed by atoms with Crippen LogP contribution in [0.5, 0.6) is 0 Å². The molecule has 0 bridgehead atoms. The van der Waals surface area contributed by atoms with Gasteiger partial charge in [-0.15, -0.1) is 11.3 Å². The van der Waals surface area contributed by atoms with Crippen LogP contribution in [0.4, 0.5) is 0 Å². The van der Waals surface area contributed by atoms with E-state index in [1.165, 1.54) is 47.7 Å². The number of aromatic nitrogens is 1. The number of nitrogens with zero attached hydrogens (tertiary/aromatic N) is 1. The highest BCUT2D eigenvalue weighted by molar-refractivity contribution is 8.00. The molecule has 0 radical (unpaired) electrons. The predicted octanol–water partition coefficient (Wildman–Crippen LogP) is 2.73. The maximum atomic E-state index is 4.54. The summed E-state index contributed by atoms with van der Waals surface area (Å²) < 4.78 is 0. The molecule has 1 aliphatic rings. The van der Waals surface area contributed by atoms with Crippen molar-refractivity contribution in [1.29, 1.82) is 0 Å². The first-order valence-corrected chi connectivity index (χ1v) is 7.95. The van der Waals surface area contributed by atoms with Gasteiger partial charge in [-0.2, -0.15) is 11.8 Å². The fourth-order valence-electron chi connectivity index (χ4n) is 2.00. The standard InChI is InChI=1S/C12H20N2S2/c1-13-6-2-4-11-9-14-12(16-11)8-10-5-3-7-15-10/h9-10,13H,2-8H2,1H3.